The number of likely N-dealkylation sites (N-methyl/N-ethyl adjacent to an activating group) is 1. The van der Waals surface area contributed by atoms with E-state index in [2.05, 4.69) is 62.2 Å². The molecule has 0 radical (unpaired) electrons. The van der Waals surface area contributed by atoms with E-state index in [-0.39, 0.29) is 5.54 Å². The normalized spacial score (nSPS) is 19.4. The van der Waals surface area contributed by atoms with E-state index < -0.39 is 0 Å². The highest BCUT2D eigenvalue weighted by Gasteiger charge is 2.32. The summed E-state index contributed by atoms with van der Waals surface area (Å²) in [6.45, 7) is 4.53. The zero-order valence-corrected chi connectivity index (χ0v) is 11.4. The average Bonchev–Trinajstić information content (AvgIpc) is 2.34. The van der Waals surface area contributed by atoms with Gasteiger partial charge in [-0.2, -0.15) is 5.26 Å². The van der Waals surface area contributed by atoms with Gasteiger partial charge in [-0.15, -0.1) is 0 Å². The van der Waals surface area contributed by atoms with E-state index in [1.807, 2.05) is 0 Å². The maximum atomic E-state index is 8.67. The van der Waals surface area contributed by atoms with Crippen LogP contribution in [0.3, 0.4) is 0 Å². The third-order valence-electron chi connectivity index (χ3n) is 3.78. The van der Waals surface area contributed by atoms with Crippen LogP contribution in [0, 0.1) is 11.3 Å². The maximum absolute atomic E-state index is 8.67. The molecule has 0 saturated heterocycles. The molecule has 1 aliphatic heterocycles. The summed E-state index contributed by atoms with van der Waals surface area (Å²) in [5.74, 6) is 0. The van der Waals surface area contributed by atoms with Crippen molar-refractivity contribution < 1.29 is 0 Å². The molecule has 18 heavy (non-hydrogen) atoms. The summed E-state index contributed by atoms with van der Waals surface area (Å²) in [5, 5.41) is 8.67. The summed E-state index contributed by atoms with van der Waals surface area (Å²) >= 11 is 0. The van der Waals surface area contributed by atoms with Crippen molar-refractivity contribution >= 4 is 5.70 Å². The van der Waals surface area contributed by atoms with Gasteiger partial charge in [0.05, 0.1) is 6.07 Å². The molecule has 1 aliphatic rings. The van der Waals surface area contributed by atoms with Crippen LogP contribution in [0.15, 0.2) is 30.3 Å². The Hall–Kier alpha value is -1.75. The van der Waals surface area contributed by atoms with E-state index >= 15 is 0 Å². The number of rotatable bonds is 2. The number of nitrogens with zero attached hydrogens (tertiary/aromatic N) is 2. The number of fused-ring (bicyclic) bond motifs is 1. The molecule has 0 spiro atoms. The summed E-state index contributed by atoms with van der Waals surface area (Å²) < 4.78 is 0. The van der Waals surface area contributed by atoms with Crippen molar-refractivity contribution in [3.05, 3.63) is 41.5 Å². The largest absolute Gasteiger partial charge is 0.369 e. The van der Waals surface area contributed by atoms with Crippen molar-refractivity contribution in [3.63, 3.8) is 0 Å². The summed E-state index contributed by atoms with van der Waals surface area (Å²) in [5.41, 5.74) is 4.12. The Bertz CT molecular complexity index is 506. The van der Waals surface area contributed by atoms with Gasteiger partial charge in [-0.25, -0.2) is 0 Å². The van der Waals surface area contributed by atoms with Crippen molar-refractivity contribution in [1.82, 2.24) is 4.90 Å². The Kier molecular flexibility index (Phi) is 3.43. The molecule has 0 fully saturated rings. The lowest BCUT2D eigenvalue weighted by Gasteiger charge is -2.44. The van der Waals surface area contributed by atoms with Crippen molar-refractivity contribution in [2.24, 2.45) is 0 Å². The zero-order valence-electron chi connectivity index (χ0n) is 11.4. The fourth-order valence-electron chi connectivity index (χ4n) is 2.54. The van der Waals surface area contributed by atoms with E-state index in [0.29, 0.717) is 6.42 Å². The minimum atomic E-state index is 0.132. The van der Waals surface area contributed by atoms with Gasteiger partial charge >= 0.3 is 0 Å². The molecule has 1 heterocycles. The molecular weight excluding hydrogens is 220 g/mol. The van der Waals surface area contributed by atoms with E-state index in [4.69, 9.17) is 5.26 Å². The number of unbranched alkanes of at least 4 members (excludes halogenated alkanes) is 1. The van der Waals surface area contributed by atoms with Crippen LogP contribution in [0.2, 0.25) is 0 Å². The molecule has 0 saturated carbocycles. The van der Waals surface area contributed by atoms with Gasteiger partial charge in [0.2, 0.25) is 0 Å². The van der Waals surface area contributed by atoms with Crippen LogP contribution in [0.5, 0.6) is 0 Å². The molecule has 0 atom stereocenters. The minimum absolute atomic E-state index is 0.132. The number of allylic oxidation sites excluding steroid dienone is 1. The van der Waals surface area contributed by atoms with Crippen LogP contribution >= 0.6 is 0 Å². The SMILES string of the molecule is CN1/C(=C/CCC#N)c2ccccc2CC1(C)C. The number of benzene rings is 1. The topological polar surface area (TPSA) is 27.0 Å². The number of nitriles is 1. The molecule has 0 amide bonds. The van der Waals surface area contributed by atoms with Crippen molar-refractivity contribution in [1.29, 1.82) is 5.26 Å². The number of hydrogen-bond donors (Lipinski definition) is 0. The average molecular weight is 240 g/mol. The zero-order chi connectivity index (χ0) is 13.2. The molecule has 2 nitrogen and oxygen atoms in total. The van der Waals surface area contributed by atoms with Crippen molar-refractivity contribution in [2.75, 3.05) is 7.05 Å². The Morgan fingerprint density at radius 3 is 2.83 bits per heavy atom. The van der Waals surface area contributed by atoms with E-state index in [1.54, 1.807) is 0 Å². The fourth-order valence-corrected chi connectivity index (χ4v) is 2.54. The first-order chi connectivity index (χ1) is 8.56. The lowest BCUT2D eigenvalue weighted by atomic mass is 9.84. The predicted molar refractivity (Wildman–Crippen MR) is 74.8 cm³/mol. The fraction of sp³-hybridized carbons (Fsp3) is 0.438. The standard InChI is InChI=1S/C16H20N2/c1-16(2)12-13-8-4-5-9-14(13)15(18(16)3)10-6-7-11-17/h4-5,8-10H,6-7,12H2,1-3H3/b15-10+. The molecule has 1 aromatic carbocycles. The maximum Gasteiger partial charge on any atom is 0.0625 e. The molecule has 0 unspecified atom stereocenters. The van der Waals surface area contributed by atoms with E-state index in [1.165, 1.54) is 16.8 Å². The Morgan fingerprint density at radius 1 is 1.39 bits per heavy atom. The smallest absolute Gasteiger partial charge is 0.0625 e. The molecule has 0 aliphatic carbocycles. The van der Waals surface area contributed by atoms with E-state index in [9.17, 15) is 0 Å². The summed E-state index contributed by atoms with van der Waals surface area (Å²) in [7, 11) is 2.15. The second-order valence-electron chi connectivity index (χ2n) is 5.49. The molecule has 0 N–H and O–H groups in total. The summed E-state index contributed by atoms with van der Waals surface area (Å²) in [6, 6.07) is 10.8. The van der Waals surface area contributed by atoms with Gasteiger partial charge in [-0.05, 0) is 32.3 Å². The van der Waals surface area contributed by atoms with E-state index in [0.717, 1.165) is 12.8 Å². The van der Waals surface area contributed by atoms with Gasteiger partial charge < -0.3 is 4.90 Å². The van der Waals surface area contributed by atoms with Gasteiger partial charge in [-0.3, -0.25) is 0 Å². The molecule has 1 aromatic rings. The van der Waals surface area contributed by atoms with Crippen LogP contribution in [-0.4, -0.2) is 17.5 Å². The highest BCUT2D eigenvalue weighted by molar-refractivity contribution is 5.69. The van der Waals surface area contributed by atoms with Crippen LogP contribution in [0.1, 0.15) is 37.8 Å². The summed E-state index contributed by atoms with van der Waals surface area (Å²) in [4.78, 5) is 2.34. The minimum Gasteiger partial charge on any atom is -0.369 e. The Labute approximate surface area is 110 Å². The van der Waals surface area contributed by atoms with Crippen LogP contribution < -0.4 is 0 Å². The van der Waals surface area contributed by atoms with Crippen LogP contribution in [0.4, 0.5) is 0 Å². The molecule has 0 bridgehead atoms. The third kappa shape index (κ3) is 2.26. The summed E-state index contributed by atoms with van der Waals surface area (Å²) in [6.07, 6.45) is 4.67. The third-order valence-corrected chi connectivity index (χ3v) is 3.78. The molecule has 2 heteroatoms. The first-order valence-corrected chi connectivity index (χ1v) is 6.45. The monoisotopic (exact) mass is 240 g/mol. The second kappa shape index (κ2) is 4.86. The lowest BCUT2D eigenvalue weighted by Crippen LogP contribution is -2.45. The first kappa shape index (κ1) is 12.7. The van der Waals surface area contributed by atoms with Crippen molar-refractivity contribution in [3.8, 4) is 6.07 Å². The van der Waals surface area contributed by atoms with Gasteiger partial charge in [0, 0.05) is 30.3 Å². The lowest BCUT2D eigenvalue weighted by molar-refractivity contribution is 0.228. The van der Waals surface area contributed by atoms with Crippen molar-refractivity contribution in [2.45, 2.75) is 38.6 Å². The van der Waals surface area contributed by atoms with Gasteiger partial charge in [0.15, 0.2) is 0 Å². The first-order valence-electron chi connectivity index (χ1n) is 6.45. The second-order valence-corrected chi connectivity index (χ2v) is 5.49. The van der Waals surface area contributed by atoms with Gasteiger partial charge in [0.1, 0.15) is 0 Å². The Morgan fingerprint density at radius 2 is 2.11 bits per heavy atom. The predicted octanol–water partition coefficient (Wildman–Crippen LogP) is 3.60. The molecule has 94 valence electrons. The number of hydrogen-bond acceptors (Lipinski definition) is 2. The van der Waals surface area contributed by atoms with Crippen LogP contribution in [-0.2, 0) is 6.42 Å². The highest BCUT2D eigenvalue weighted by atomic mass is 15.2. The molecular formula is C16H20N2. The van der Waals surface area contributed by atoms with Gasteiger partial charge in [0.25, 0.3) is 0 Å². The quantitative estimate of drug-likeness (QED) is 0.738. The Balaban J connectivity index is 2.43. The molecule has 0 aromatic heterocycles. The van der Waals surface area contributed by atoms with Gasteiger partial charge in [-0.1, -0.05) is 30.3 Å². The molecule has 2 rings (SSSR count). The van der Waals surface area contributed by atoms with Crippen LogP contribution in [0.25, 0.3) is 5.70 Å². The highest BCUT2D eigenvalue weighted by Crippen LogP contribution is 2.36.